The van der Waals surface area contributed by atoms with Crippen LogP contribution in [-0.2, 0) is 6.42 Å². The molecule has 0 aliphatic carbocycles. The van der Waals surface area contributed by atoms with Crippen molar-refractivity contribution >= 4 is 0 Å². The third-order valence-electron chi connectivity index (χ3n) is 3.69. The van der Waals surface area contributed by atoms with E-state index in [2.05, 4.69) is 42.9 Å². The van der Waals surface area contributed by atoms with Crippen LogP contribution >= 0.6 is 0 Å². The number of nitrogens with two attached hydrogens (primary N) is 1. The van der Waals surface area contributed by atoms with Gasteiger partial charge in [-0.2, -0.15) is 0 Å². The maximum absolute atomic E-state index is 5.64. The molecule has 0 saturated heterocycles. The molecule has 0 atom stereocenters. The molecule has 108 valence electrons. The summed E-state index contributed by atoms with van der Waals surface area (Å²) in [5.74, 6) is 0. The van der Waals surface area contributed by atoms with Crippen LogP contribution in [0.25, 0.3) is 0 Å². The maximum atomic E-state index is 5.64. The van der Waals surface area contributed by atoms with Gasteiger partial charge in [0.15, 0.2) is 0 Å². The molecule has 0 bridgehead atoms. The Balaban J connectivity index is 2.16. The SMILES string of the molecule is CN(CCCC(C)(C)CCN)CCc1ccccn1. The van der Waals surface area contributed by atoms with Crippen molar-refractivity contribution in [2.24, 2.45) is 11.1 Å². The molecule has 3 nitrogen and oxygen atoms in total. The van der Waals surface area contributed by atoms with E-state index in [-0.39, 0.29) is 0 Å². The minimum absolute atomic E-state index is 0.385. The summed E-state index contributed by atoms with van der Waals surface area (Å²) < 4.78 is 0. The van der Waals surface area contributed by atoms with E-state index >= 15 is 0 Å². The fourth-order valence-electron chi connectivity index (χ4n) is 2.31. The van der Waals surface area contributed by atoms with E-state index in [0.29, 0.717) is 5.41 Å². The Kier molecular flexibility index (Phi) is 7.03. The van der Waals surface area contributed by atoms with Crippen molar-refractivity contribution < 1.29 is 0 Å². The van der Waals surface area contributed by atoms with Gasteiger partial charge in [0.2, 0.25) is 0 Å². The Bertz CT molecular complexity index is 335. The predicted octanol–water partition coefficient (Wildman–Crippen LogP) is 2.71. The lowest BCUT2D eigenvalue weighted by Crippen LogP contribution is -2.25. The van der Waals surface area contributed by atoms with Gasteiger partial charge in [-0.25, -0.2) is 0 Å². The van der Waals surface area contributed by atoms with Gasteiger partial charge < -0.3 is 10.6 Å². The van der Waals surface area contributed by atoms with Crippen molar-refractivity contribution in [2.45, 2.75) is 39.5 Å². The molecule has 0 saturated carbocycles. The molecule has 0 fully saturated rings. The standard InChI is InChI=1S/C16H29N3/c1-16(2,10-11-17)9-6-13-19(3)14-8-15-7-4-5-12-18-15/h4-5,7,12H,6,8-11,13-14,17H2,1-3H3. The lowest BCUT2D eigenvalue weighted by Gasteiger charge is -2.25. The molecule has 0 radical (unpaired) electrons. The summed E-state index contributed by atoms with van der Waals surface area (Å²) in [5.41, 5.74) is 7.20. The second-order valence-corrected chi connectivity index (χ2v) is 6.18. The van der Waals surface area contributed by atoms with Gasteiger partial charge in [-0.05, 0) is 56.9 Å². The van der Waals surface area contributed by atoms with E-state index in [1.165, 1.54) is 18.5 Å². The highest BCUT2D eigenvalue weighted by Crippen LogP contribution is 2.25. The van der Waals surface area contributed by atoms with Crippen LogP contribution in [0.1, 0.15) is 38.8 Å². The first kappa shape index (κ1) is 16.1. The average Bonchev–Trinajstić information content (AvgIpc) is 2.37. The molecular formula is C16H29N3. The van der Waals surface area contributed by atoms with Gasteiger partial charge in [-0.15, -0.1) is 0 Å². The number of aromatic nitrogens is 1. The summed E-state index contributed by atoms with van der Waals surface area (Å²) in [7, 11) is 2.19. The van der Waals surface area contributed by atoms with Gasteiger partial charge in [-0.1, -0.05) is 19.9 Å². The smallest absolute Gasteiger partial charge is 0.0416 e. The Hall–Kier alpha value is -0.930. The molecular weight excluding hydrogens is 234 g/mol. The molecule has 1 aromatic rings. The van der Waals surface area contributed by atoms with Crippen LogP contribution in [0.15, 0.2) is 24.4 Å². The summed E-state index contributed by atoms with van der Waals surface area (Å²) >= 11 is 0. The number of nitrogens with zero attached hydrogens (tertiary/aromatic N) is 2. The molecule has 3 heteroatoms. The molecule has 0 aromatic carbocycles. The van der Waals surface area contributed by atoms with Crippen LogP contribution in [0.3, 0.4) is 0 Å². The van der Waals surface area contributed by atoms with Crippen LogP contribution in [0.4, 0.5) is 0 Å². The normalized spacial score (nSPS) is 12.1. The second kappa shape index (κ2) is 8.28. The third-order valence-corrected chi connectivity index (χ3v) is 3.69. The van der Waals surface area contributed by atoms with E-state index in [0.717, 1.165) is 32.5 Å². The Morgan fingerprint density at radius 3 is 2.63 bits per heavy atom. The minimum Gasteiger partial charge on any atom is -0.330 e. The first-order valence-electron chi connectivity index (χ1n) is 7.32. The van der Waals surface area contributed by atoms with Crippen molar-refractivity contribution in [3.63, 3.8) is 0 Å². The molecule has 0 aliphatic rings. The average molecular weight is 263 g/mol. The van der Waals surface area contributed by atoms with E-state index in [9.17, 15) is 0 Å². The van der Waals surface area contributed by atoms with E-state index < -0.39 is 0 Å². The Morgan fingerprint density at radius 1 is 1.21 bits per heavy atom. The van der Waals surface area contributed by atoms with Crippen LogP contribution in [0.2, 0.25) is 0 Å². The number of likely N-dealkylation sites (N-methyl/N-ethyl adjacent to an activating group) is 1. The molecule has 1 rings (SSSR count). The second-order valence-electron chi connectivity index (χ2n) is 6.18. The topological polar surface area (TPSA) is 42.1 Å². The fourth-order valence-corrected chi connectivity index (χ4v) is 2.31. The summed E-state index contributed by atoms with van der Waals surface area (Å²) in [6.45, 7) is 7.65. The molecule has 0 spiro atoms. The summed E-state index contributed by atoms with van der Waals surface area (Å²) in [5, 5.41) is 0. The summed E-state index contributed by atoms with van der Waals surface area (Å²) in [4.78, 5) is 6.75. The number of rotatable bonds is 9. The predicted molar refractivity (Wildman–Crippen MR) is 82.1 cm³/mol. The highest BCUT2D eigenvalue weighted by atomic mass is 15.1. The van der Waals surface area contributed by atoms with Crippen molar-refractivity contribution in [2.75, 3.05) is 26.7 Å². The van der Waals surface area contributed by atoms with Crippen molar-refractivity contribution in [3.05, 3.63) is 30.1 Å². The largest absolute Gasteiger partial charge is 0.330 e. The quantitative estimate of drug-likeness (QED) is 0.745. The van der Waals surface area contributed by atoms with E-state index in [4.69, 9.17) is 5.73 Å². The van der Waals surface area contributed by atoms with Gasteiger partial charge in [0.25, 0.3) is 0 Å². The van der Waals surface area contributed by atoms with Crippen molar-refractivity contribution in [3.8, 4) is 0 Å². The third kappa shape index (κ3) is 7.28. The zero-order chi connectivity index (χ0) is 14.1. The highest BCUT2D eigenvalue weighted by Gasteiger charge is 2.16. The van der Waals surface area contributed by atoms with Gasteiger partial charge in [0.1, 0.15) is 0 Å². The molecule has 0 amide bonds. The lowest BCUT2D eigenvalue weighted by atomic mass is 9.84. The molecule has 0 unspecified atom stereocenters. The van der Waals surface area contributed by atoms with Crippen LogP contribution in [0, 0.1) is 5.41 Å². The van der Waals surface area contributed by atoms with E-state index in [1.54, 1.807) is 0 Å². The monoisotopic (exact) mass is 263 g/mol. The highest BCUT2D eigenvalue weighted by molar-refractivity contribution is 5.03. The van der Waals surface area contributed by atoms with Crippen LogP contribution in [0.5, 0.6) is 0 Å². The number of hydrogen-bond acceptors (Lipinski definition) is 3. The van der Waals surface area contributed by atoms with Gasteiger partial charge in [-0.3, -0.25) is 4.98 Å². The first-order chi connectivity index (χ1) is 9.03. The van der Waals surface area contributed by atoms with Gasteiger partial charge >= 0.3 is 0 Å². The Morgan fingerprint density at radius 2 is 2.00 bits per heavy atom. The molecule has 2 N–H and O–H groups in total. The summed E-state index contributed by atoms with van der Waals surface area (Å²) in [6, 6.07) is 6.11. The first-order valence-corrected chi connectivity index (χ1v) is 7.32. The summed E-state index contributed by atoms with van der Waals surface area (Å²) in [6.07, 6.45) is 6.50. The zero-order valence-corrected chi connectivity index (χ0v) is 12.7. The minimum atomic E-state index is 0.385. The van der Waals surface area contributed by atoms with Crippen LogP contribution in [-0.4, -0.2) is 36.6 Å². The lowest BCUT2D eigenvalue weighted by molar-refractivity contribution is 0.263. The van der Waals surface area contributed by atoms with Gasteiger partial charge in [0.05, 0.1) is 0 Å². The molecule has 19 heavy (non-hydrogen) atoms. The van der Waals surface area contributed by atoms with E-state index in [1.807, 2.05) is 12.3 Å². The van der Waals surface area contributed by atoms with Gasteiger partial charge in [0, 0.05) is 24.9 Å². The molecule has 1 heterocycles. The number of hydrogen-bond donors (Lipinski definition) is 1. The van der Waals surface area contributed by atoms with Crippen molar-refractivity contribution in [1.82, 2.24) is 9.88 Å². The Labute approximate surface area is 118 Å². The molecule has 0 aliphatic heterocycles. The van der Waals surface area contributed by atoms with Crippen molar-refractivity contribution in [1.29, 1.82) is 0 Å². The fraction of sp³-hybridized carbons (Fsp3) is 0.688. The molecule has 1 aromatic heterocycles. The maximum Gasteiger partial charge on any atom is 0.0416 e. The number of pyridine rings is 1. The zero-order valence-electron chi connectivity index (χ0n) is 12.7. The van der Waals surface area contributed by atoms with Crippen LogP contribution < -0.4 is 5.73 Å².